The van der Waals surface area contributed by atoms with Gasteiger partial charge < -0.3 is 10.4 Å². The molecule has 1 aromatic heterocycles. The number of benzene rings is 1. The van der Waals surface area contributed by atoms with Gasteiger partial charge >= 0.3 is 5.97 Å². The van der Waals surface area contributed by atoms with Crippen molar-refractivity contribution in [2.75, 3.05) is 0 Å². The number of hydrogen-bond acceptors (Lipinski definition) is 3. The van der Waals surface area contributed by atoms with Crippen LogP contribution in [0.4, 0.5) is 0 Å². The van der Waals surface area contributed by atoms with Gasteiger partial charge in [-0.1, -0.05) is 17.7 Å². The number of aromatic nitrogens is 2. The number of rotatable bonds is 4. The van der Waals surface area contributed by atoms with E-state index in [2.05, 4.69) is 10.4 Å². The Kier molecular flexibility index (Phi) is 4.05. The molecular formula is C20H23N3O3. The largest absolute Gasteiger partial charge is 0.480 e. The summed E-state index contributed by atoms with van der Waals surface area (Å²) in [7, 11) is 0. The molecule has 26 heavy (non-hydrogen) atoms. The minimum absolute atomic E-state index is 0.365. The molecule has 1 amide bonds. The summed E-state index contributed by atoms with van der Waals surface area (Å²) in [4.78, 5) is 24.5. The van der Waals surface area contributed by atoms with E-state index in [-0.39, 0.29) is 5.91 Å². The van der Waals surface area contributed by atoms with E-state index in [1.807, 2.05) is 35.9 Å². The third kappa shape index (κ3) is 2.69. The van der Waals surface area contributed by atoms with Gasteiger partial charge in [-0.25, -0.2) is 9.48 Å². The number of nitrogens with zero attached hydrogens (tertiary/aromatic N) is 2. The lowest BCUT2D eigenvalue weighted by molar-refractivity contribution is -0.148. The van der Waals surface area contributed by atoms with Gasteiger partial charge in [-0.2, -0.15) is 5.10 Å². The monoisotopic (exact) mass is 353 g/mol. The van der Waals surface area contributed by atoms with Crippen LogP contribution < -0.4 is 5.32 Å². The fourth-order valence-electron chi connectivity index (χ4n) is 3.88. The number of fused-ring (bicyclic) bond motifs is 1. The molecular weight excluding hydrogens is 330 g/mol. The molecule has 1 aromatic carbocycles. The zero-order chi connectivity index (χ0) is 18.3. The van der Waals surface area contributed by atoms with E-state index in [4.69, 9.17) is 0 Å². The van der Waals surface area contributed by atoms with Crippen LogP contribution in [0, 0.1) is 6.92 Å². The van der Waals surface area contributed by atoms with Gasteiger partial charge in [0.2, 0.25) is 0 Å². The van der Waals surface area contributed by atoms with Gasteiger partial charge in [0.15, 0.2) is 5.69 Å². The summed E-state index contributed by atoms with van der Waals surface area (Å²) >= 11 is 0. The first-order valence-corrected chi connectivity index (χ1v) is 9.24. The van der Waals surface area contributed by atoms with Crippen LogP contribution in [-0.2, 0) is 17.6 Å². The number of carboxylic acid groups (broad SMARTS) is 1. The van der Waals surface area contributed by atoms with Crippen molar-refractivity contribution in [3.8, 4) is 5.69 Å². The first-order chi connectivity index (χ1) is 12.5. The van der Waals surface area contributed by atoms with Crippen LogP contribution in [0.15, 0.2) is 24.3 Å². The second-order valence-electron chi connectivity index (χ2n) is 7.42. The maximum absolute atomic E-state index is 12.9. The van der Waals surface area contributed by atoms with E-state index in [0.29, 0.717) is 18.5 Å². The van der Waals surface area contributed by atoms with E-state index >= 15 is 0 Å². The predicted molar refractivity (Wildman–Crippen MR) is 96.6 cm³/mol. The summed E-state index contributed by atoms with van der Waals surface area (Å²) < 4.78 is 1.86. The molecule has 2 N–H and O–H groups in total. The SMILES string of the molecule is Cc1ccc(-n2nc(C(=O)NC3(C(=O)O)CCC3)c3c2CCCC3)cc1. The number of aliphatic carboxylic acids is 1. The number of carbonyl (C=O) groups is 2. The third-order valence-electron chi connectivity index (χ3n) is 5.64. The van der Waals surface area contributed by atoms with Crippen LogP contribution >= 0.6 is 0 Å². The highest BCUT2D eigenvalue weighted by Crippen LogP contribution is 2.33. The average Bonchev–Trinajstić information content (AvgIpc) is 2.98. The number of nitrogens with one attached hydrogen (secondary N) is 1. The lowest BCUT2D eigenvalue weighted by Gasteiger charge is -2.38. The summed E-state index contributed by atoms with van der Waals surface area (Å²) in [6.45, 7) is 2.03. The second-order valence-corrected chi connectivity index (χ2v) is 7.42. The molecule has 0 unspecified atom stereocenters. The van der Waals surface area contributed by atoms with Crippen LogP contribution in [0.25, 0.3) is 5.69 Å². The summed E-state index contributed by atoms with van der Waals surface area (Å²) in [6.07, 6.45) is 5.57. The molecule has 2 aliphatic rings. The summed E-state index contributed by atoms with van der Waals surface area (Å²) in [5.74, 6) is -1.32. The Morgan fingerprint density at radius 3 is 2.42 bits per heavy atom. The second kappa shape index (κ2) is 6.27. The molecule has 1 fully saturated rings. The lowest BCUT2D eigenvalue weighted by atomic mass is 9.76. The van der Waals surface area contributed by atoms with Crippen LogP contribution in [0.3, 0.4) is 0 Å². The van der Waals surface area contributed by atoms with Crippen LogP contribution in [0.1, 0.15) is 59.4 Å². The predicted octanol–water partition coefficient (Wildman–Crippen LogP) is 2.80. The average molecular weight is 353 g/mol. The van der Waals surface area contributed by atoms with E-state index in [9.17, 15) is 14.7 Å². The van der Waals surface area contributed by atoms with Crippen LogP contribution in [-0.4, -0.2) is 32.3 Å². The highest BCUT2D eigenvalue weighted by atomic mass is 16.4. The Morgan fingerprint density at radius 1 is 1.12 bits per heavy atom. The van der Waals surface area contributed by atoms with Gasteiger partial charge in [0.1, 0.15) is 5.54 Å². The third-order valence-corrected chi connectivity index (χ3v) is 5.64. The maximum atomic E-state index is 12.9. The van der Waals surface area contributed by atoms with Crippen molar-refractivity contribution in [2.24, 2.45) is 0 Å². The standard InChI is InChI=1S/C20H23N3O3/c1-13-7-9-14(10-8-13)23-16-6-3-2-5-15(16)17(22-23)18(24)21-20(19(25)26)11-4-12-20/h7-10H,2-6,11-12H2,1H3,(H,21,24)(H,25,26). The maximum Gasteiger partial charge on any atom is 0.329 e. The Bertz CT molecular complexity index is 863. The molecule has 1 saturated carbocycles. The number of aryl methyl sites for hydroxylation is 1. The summed E-state index contributed by atoms with van der Waals surface area (Å²) in [5, 5.41) is 16.8. The molecule has 2 aromatic rings. The molecule has 2 aliphatic carbocycles. The molecule has 1 heterocycles. The molecule has 0 spiro atoms. The van der Waals surface area contributed by atoms with Crippen molar-refractivity contribution >= 4 is 11.9 Å². The molecule has 0 saturated heterocycles. The smallest absolute Gasteiger partial charge is 0.329 e. The molecule has 4 rings (SSSR count). The van der Waals surface area contributed by atoms with Crippen molar-refractivity contribution in [3.05, 3.63) is 46.8 Å². The van der Waals surface area contributed by atoms with Gasteiger partial charge in [0, 0.05) is 11.3 Å². The molecule has 0 radical (unpaired) electrons. The van der Waals surface area contributed by atoms with Crippen LogP contribution in [0.5, 0.6) is 0 Å². The minimum Gasteiger partial charge on any atom is -0.480 e. The molecule has 0 bridgehead atoms. The molecule has 6 nitrogen and oxygen atoms in total. The first kappa shape index (κ1) is 16.8. The first-order valence-electron chi connectivity index (χ1n) is 9.24. The van der Waals surface area contributed by atoms with Gasteiger partial charge in [0.25, 0.3) is 5.91 Å². The van der Waals surface area contributed by atoms with E-state index in [1.54, 1.807) is 0 Å². The number of carbonyl (C=O) groups excluding carboxylic acids is 1. The summed E-state index contributed by atoms with van der Waals surface area (Å²) in [5.41, 5.74) is 3.41. The highest BCUT2D eigenvalue weighted by molar-refractivity contribution is 5.98. The van der Waals surface area contributed by atoms with Crippen molar-refractivity contribution in [2.45, 2.75) is 57.4 Å². The molecule has 0 atom stereocenters. The van der Waals surface area contributed by atoms with Crippen molar-refractivity contribution in [3.63, 3.8) is 0 Å². The minimum atomic E-state index is -1.12. The van der Waals surface area contributed by atoms with Crippen molar-refractivity contribution in [1.82, 2.24) is 15.1 Å². The molecule has 136 valence electrons. The Labute approximate surface area is 152 Å². The number of carboxylic acids is 1. The van der Waals surface area contributed by atoms with Gasteiger partial charge in [-0.15, -0.1) is 0 Å². The normalized spacial score (nSPS) is 17.9. The fraction of sp³-hybridized carbons (Fsp3) is 0.450. The van der Waals surface area contributed by atoms with E-state index in [0.717, 1.165) is 49.0 Å². The van der Waals surface area contributed by atoms with Gasteiger partial charge in [-0.3, -0.25) is 4.79 Å². The lowest BCUT2D eigenvalue weighted by Crippen LogP contribution is -2.59. The van der Waals surface area contributed by atoms with Crippen molar-refractivity contribution < 1.29 is 14.7 Å². The number of hydrogen-bond donors (Lipinski definition) is 2. The van der Waals surface area contributed by atoms with E-state index in [1.165, 1.54) is 5.56 Å². The Balaban J connectivity index is 1.71. The van der Waals surface area contributed by atoms with Gasteiger partial charge in [0.05, 0.1) is 5.69 Å². The summed E-state index contributed by atoms with van der Waals surface area (Å²) in [6, 6.07) is 8.06. The van der Waals surface area contributed by atoms with Crippen LogP contribution in [0.2, 0.25) is 0 Å². The quantitative estimate of drug-likeness (QED) is 0.885. The highest BCUT2D eigenvalue weighted by Gasteiger charge is 2.46. The van der Waals surface area contributed by atoms with Gasteiger partial charge in [-0.05, 0) is 64.0 Å². The van der Waals surface area contributed by atoms with Crippen molar-refractivity contribution in [1.29, 1.82) is 0 Å². The number of amides is 1. The fourth-order valence-corrected chi connectivity index (χ4v) is 3.88. The van der Waals surface area contributed by atoms with E-state index < -0.39 is 11.5 Å². The molecule has 0 aliphatic heterocycles. The zero-order valence-electron chi connectivity index (χ0n) is 14.9. The zero-order valence-corrected chi connectivity index (χ0v) is 14.9. The Morgan fingerprint density at radius 2 is 1.81 bits per heavy atom. The Hall–Kier alpha value is -2.63. The topological polar surface area (TPSA) is 84.2 Å². The molecule has 6 heteroatoms.